The van der Waals surface area contributed by atoms with E-state index in [1.54, 1.807) is 4.90 Å². The zero-order valence-electron chi connectivity index (χ0n) is 13.5. The van der Waals surface area contributed by atoms with Crippen molar-refractivity contribution >= 4 is 12.2 Å². The first kappa shape index (κ1) is 15.3. The molecular weight excluding hydrogens is 286 g/mol. The van der Waals surface area contributed by atoms with E-state index in [0.29, 0.717) is 0 Å². The van der Waals surface area contributed by atoms with Crippen LogP contribution in [0, 0.1) is 0 Å². The molecule has 0 N–H and O–H groups in total. The predicted molar refractivity (Wildman–Crippen MR) is 91.8 cm³/mol. The molecule has 0 aliphatic carbocycles. The lowest BCUT2D eigenvalue weighted by atomic mass is 9.91. The molecule has 0 radical (unpaired) electrons. The van der Waals surface area contributed by atoms with Crippen LogP contribution in [-0.2, 0) is 11.2 Å². The van der Waals surface area contributed by atoms with Gasteiger partial charge in [0.25, 0.3) is 0 Å². The molecule has 1 amide bonds. The van der Waals surface area contributed by atoms with Crippen LogP contribution < -0.4 is 0 Å². The van der Waals surface area contributed by atoms with Crippen molar-refractivity contribution in [1.29, 1.82) is 0 Å². The van der Waals surface area contributed by atoms with Crippen molar-refractivity contribution in [2.75, 3.05) is 0 Å². The summed E-state index contributed by atoms with van der Waals surface area (Å²) in [5.74, 6) is 0. The van der Waals surface area contributed by atoms with Gasteiger partial charge in [0.05, 0.1) is 12.1 Å². The molecule has 3 heteroatoms. The number of hydrogen-bond donors (Lipinski definition) is 0. The van der Waals surface area contributed by atoms with Crippen LogP contribution in [0.25, 0.3) is 6.08 Å². The average Bonchev–Trinajstić information content (AvgIpc) is 2.55. The van der Waals surface area contributed by atoms with Gasteiger partial charge in [-0.15, -0.1) is 0 Å². The second-order valence-electron chi connectivity index (χ2n) is 5.99. The first-order chi connectivity index (χ1) is 11.1. The highest BCUT2D eigenvalue weighted by Gasteiger charge is 2.29. The van der Waals surface area contributed by atoms with Crippen LogP contribution in [0.15, 0.2) is 60.8 Å². The Morgan fingerprint density at radius 3 is 2.52 bits per heavy atom. The fourth-order valence-corrected chi connectivity index (χ4v) is 2.88. The minimum absolute atomic E-state index is 0.0511. The maximum Gasteiger partial charge on any atom is 0.414 e. The number of ether oxygens (including phenoxy) is 1. The van der Waals surface area contributed by atoms with Crippen LogP contribution in [0.4, 0.5) is 4.79 Å². The molecule has 3 nitrogen and oxygen atoms in total. The molecule has 2 aromatic carbocycles. The van der Waals surface area contributed by atoms with Crippen LogP contribution in [0.2, 0.25) is 0 Å². The molecule has 3 rings (SSSR count). The van der Waals surface area contributed by atoms with Crippen molar-refractivity contribution < 1.29 is 9.53 Å². The summed E-state index contributed by atoms with van der Waals surface area (Å²) in [4.78, 5) is 14.2. The van der Waals surface area contributed by atoms with Crippen LogP contribution >= 0.6 is 0 Å². The van der Waals surface area contributed by atoms with Gasteiger partial charge >= 0.3 is 6.09 Å². The molecule has 0 fully saturated rings. The highest BCUT2D eigenvalue weighted by Crippen LogP contribution is 2.33. The van der Waals surface area contributed by atoms with Gasteiger partial charge < -0.3 is 4.74 Å². The third-order valence-corrected chi connectivity index (χ3v) is 3.92. The number of carbonyl (C=O) groups is 1. The third kappa shape index (κ3) is 3.45. The lowest BCUT2D eigenvalue weighted by molar-refractivity contribution is 0.0785. The van der Waals surface area contributed by atoms with Gasteiger partial charge in [-0.3, -0.25) is 4.90 Å². The van der Waals surface area contributed by atoms with Crippen LogP contribution in [0.5, 0.6) is 0 Å². The largest absolute Gasteiger partial charge is 0.446 e. The van der Waals surface area contributed by atoms with Crippen LogP contribution in [0.1, 0.15) is 36.6 Å². The Bertz CT molecular complexity index is 707. The molecule has 0 saturated carbocycles. The minimum atomic E-state index is -0.299. The van der Waals surface area contributed by atoms with E-state index in [0.717, 1.165) is 17.5 Å². The van der Waals surface area contributed by atoms with E-state index >= 15 is 0 Å². The van der Waals surface area contributed by atoms with E-state index in [1.165, 1.54) is 5.56 Å². The van der Waals surface area contributed by atoms with Gasteiger partial charge in [-0.1, -0.05) is 54.6 Å². The van der Waals surface area contributed by atoms with Gasteiger partial charge in [0.1, 0.15) is 0 Å². The summed E-state index contributed by atoms with van der Waals surface area (Å²) < 4.78 is 5.41. The Balaban J connectivity index is 1.94. The predicted octanol–water partition coefficient (Wildman–Crippen LogP) is 4.80. The quantitative estimate of drug-likeness (QED) is 0.815. The van der Waals surface area contributed by atoms with Gasteiger partial charge in [0.15, 0.2) is 0 Å². The maximum absolute atomic E-state index is 12.5. The number of carbonyl (C=O) groups excluding carboxylic acids is 1. The fourth-order valence-electron chi connectivity index (χ4n) is 2.88. The zero-order chi connectivity index (χ0) is 16.2. The number of benzene rings is 2. The minimum Gasteiger partial charge on any atom is -0.446 e. The summed E-state index contributed by atoms with van der Waals surface area (Å²) in [5, 5.41) is 0. The van der Waals surface area contributed by atoms with E-state index in [4.69, 9.17) is 4.74 Å². The lowest BCUT2D eigenvalue weighted by Crippen LogP contribution is -2.35. The van der Waals surface area contributed by atoms with Crippen molar-refractivity contribution in [1.82, 2.24) is 4.90 Å². The molecule has 118 valence electrons. The summed E-state index contributed by atoms with van der Waals surface area (Å²) in [6, 6.07) is 18.4. The average molecular weight is 307 g/mol. The summed E-state index contributed by atoms with van der Waals surface area (Å²) in [7, 11) is 0. The molecule has 1 aliphatic heterocycles. The molecule has 1 unspecified atom stereocenters. The molecule has 2 aromatic rings. The molecule has 1 heterocycles. The Labute approximate surface area is 137 Å². The molecule has 0 bridgehead atoms. The first-order valence-electron chi connectivity index (χ1n) is 7.95. The summed E-state index contributed by atoms with van der Waals surface area (Å²) in [6.07, 6.45) is 4.13. The van der Waals surface area contributed by atoms with Gasteiger partial charge in [0, 0.05) is 6.20 Å². The molecule has 23 heavy (non-hydrogen) atoms. The van der Waals surface area contributed by atoms with E-state index in [2.05, 4.69) is 24.3 Å². The number of rotatable bonds is 3. The highest BCUT2D eigenvalue weighted by atomic mass is 16.6. The van der Waals surface area contributed by atoms with Crippen molar-refractivity contribution in [2.45, 2.75) is 32.4 Å². The van der Waals surface area contributed by atoms with E-state index in [-0.39, 0.29) is 18.2 Å². The van der Waals surface area contributed by atoms with Gasteiger partial charge in [-0.05, 0) is 43.0 Å². The van der Waals surface area contributed by atoms with Crippen LogP contribution in [-0.4, -0.2) is 17.1 Å². The van der Waals surface area contributed by atoms with E-state index < -0.39 is 0 Å². The molecule has 0 saturated heterocycles. The Hall–Kier alpha value is -2.55. The van der Waals surface area contributed by atoms with Crippen molar-refractivity contribution in [3.8, 4) is 0 Å². The van der Waals surface area contributed by atoms with Gasteiger partial charge in [-0.2, -0.15) is 0 Å². The summed E-state index contributed by atoms with van der Waals surface area (Å²) >= 11 is 0. The standard InChI is InChI=1S/C20H21NO2/c1-15(2)23-20(22)21-13-12-17-10-6-7-11-18(17)19(21)14-16-8-4-3-5-9-16/h3-13,15,19H,14H2,1-2H3. The molecule has 0 aromatic heterocycles. The highest BCUT2D eigenvalue weighted by molar-refractivity contribution is 5.74. The number of fused-ring (bicyclic) bond motifs is 1. The first-order valence-corrected chi connectivity index (χ1v) is 7.95. The van der Waals surface area contributed by atoms with Gasteiger partial charge in [0.2, 0.25) is 0 Å². The topological polar surface area (TPSA) is 29.5 Å². The third-order valence-electron chi connectivity index (χ3n) is 3.92. The number of amides is 1. The lowest BCUT2D eigenvalue weighted by Gasteiger charge is -2.33. The van der Waals surface area contributed by atoms with Crippen molar-refractivity contribution in [3.63, 3.8) is 0 Å². The number of hydrogen-bond acceptors (Lipinski definition) is 2. The molecule has 1 aliphatic rings. The molecular formula is C20H21NO2. The maximum atomic E-state index is 12.5. The Kier molecular flexibility index (Phi) is 4.47. The fraction of sp³-hybridized carbons (Fsp3) is 0.250. The summed E-state index contributed by atoms with van der Waals surface area (Å²) in [6.45, 7) is 3.73. The zero-order valence-corrected chi connectivity index (χ0v) is 13.5. The second-order valence-corrected chi connectivity index (χ2v) is 5.99. The normalized spacial score (nSPS) is 16.3. The Morgan fingerprint density at radius 1 is 1.09 bits per heavy atom. The van der Waals surface area contributed by atoms with E-state index in [9.17, 15) is 4.79 Å². The van der Waals surface area contributed by atoms with Crippen LogP contribution in [0.3, 0.4) is 0 Å². The summed E-state index contributed by atoms with van der Waals surface area (Å²) in [5.41, 5.74) is 3.51. The second kappa shape index (κ2) is 6.69. The smallest absolute Gasteiger partial charge is 0.414 e. The van der Waals surface area contributed by atoms with Crippen molar-refractivity contribution in [3.05, 3.63) is 77.5 Å². The molecule has 0 spiro atoms. The SMILES string of the molecule is CC(C)OC(=O)N1C=Cc2ccccc2C1Cc1ccccc1. The van der Waals surface area contributed by atoms with Crippen molar-refractivity contribution in [2.24, 2.45) is 0 Å². The van der Waals surface area contributed by atoms with E-state index in [1.807, 2.05) is 56.5 Å². The molecule has 1 atom stereocenters. The monoisotopic (exact) mass is 307 g/mol. The Morgan fingerprint density at radius 2 is 1.78 bits per heavy atom. The van der Waals surface area contributed by atoms with Gasteiger partial charge in [-0.25, -0.2) is 4.79 Å². The number of nitrogens with zero attached hydrogens (tertiary/aromatic N) is 1.